The van der Waals surface area contributed by atoms with Gasteiger partial charge >= 0.3 is 0 Å². The largest absolute Gasteiger partial charge is 0.487 e. The zero-order chi connectivity index (χ0) is 20.8. The molecule has 4 rings (SSSR count). The Kier molecular flexibility index (Phi) is 6.03. The summed E-state index contributed by atoms with van der Waals surface area (Å²) < 4.78 is 5.79. The zero-order valence-electron chi connectivity index (χ0n) is 16.5. The van der Waals surface area contributed by atoms with E-state index in [-0.39, 0.29) is 24.2 Å². The second-order valence-electron chi connectivity index (χ2n) is 7.22. The lowest BCUT2D eigenvalue weighted by atomic mass is 10.1. The first kappa shape index (κ1) is 19.6. The van der Waals surface area contributed by atoms with E-state index in [1.807, 2.05) is 72.8 Å². The summed E-state index contributed by atoms with van der Waals surface area (Å²) in [6, 6.07) is 22.7. The number of nitrogens with zero attached hydrogens (tertiary/aromatic N) is 2. The summed E-state index contributed by atoms with van der Waals surface area (Å²) in [6.07, 6.45) is 1.96. The maximum Gasteiger partial charge on any atom is 0.227 e. The molecule has 0 spiro atoms. The monoisotopic (exact) mass is 401 g/mol. The third-order valence-electron chi connectivity index (χ3n) is 5.04. The minimum atomic E-state index is -0.346. The average molecular weight is 401 g/mol. The molecule has 0 radical (unpaired) electrons. The van der Waals surface area contributed by atoms with Gasteiger partial charge in [0.05, 0.1) is 11.6 Å². The maximum atomic E-state index is 12.6. The number of para-hydroxylation sites is 1. The van der Waals surface area contributed by atoms with Crippen LogP contribution in [0.2, 0.25) is 0 Å². The fourth-order valence-electron chi connectivity index (χ4n) is 3.46. The van der Waals surface area contributed by atoms with Gasteiger partial charge in [0.2, 0.25) is 11.8 Å². The molecule has 2 amide bonds. The van der Waals surface area contributed by atoms with Crippen molar-refractivity contribution in [2.75, 3.05) is 11.4 Å². The molecule has 152 valence electrons. The van der Waals surface area contributed by atoms with E-state index in [2.05, 4.69) is 10.3 Å². The summed E-state index contributed by atoms with van der Waals surface area (Å²) in [6.45, 7) is 1.17. The smallest absolute Gasteiger partial charge is 0.227 e. The zero-order valence-corrected chi connectivity index (χ0v) is 16.5. The van der Waals surface area contributed by atoms with Gasteiger partial charge in [-0.1, -0.05) is 36.4 Å². The van der Waals surface area contributed by atoms with Gasteiger partial charge in [0, 0.05) is 31.4 Å². The highest BCUT2D eigenvalue weighted by atomic mass is 16.5. The van der Waals surface area contributed by atoms with E-state index in [4.69, 9.17) is 4.74 Å². The van der Waals surface area contributed by atoms with Crippen LogP contribution < -0.4 is 15.0 Å². The van der Waals surface area contributed by atoms with Gasteiger partial charge in [-0.15, -0.1) is 0 Å². The van der Waals surface area contributed by atoms with E-state index in [1.165, 1.54) is 0 Å². The summed E-state index contributed by atoms with van der Waals surface area (Å²) in [7, 11) is 0. The molecule has 1 unspecified atom stereocenters. The lowest BCUT2D eigenvalue weighted by Crippen LogP contribution is -2.32. The summed E-state index contributed by atoms with van der Waals surface area (Å²) in [5, 5.41) is 2.95. The predicted octanol–water partition coefficient (Wildman–Crippen LogP) is 3.33. The number of hydrogen-bond acceptors (Lipinski definition) is 4. The number of carbonyl (C=O) groups is 2. The molecule has 6 nitrogen and oxygen atoms in total. The second-order valence-corrected chi connectivity index (χ2v) is 7.22. The molecular formula is C24H23N3O3. The number of anilines is 1. The molecule has 3 aromatic rings. The standard InChI is InChI=1S/C24H23N3O3/c28-23-14-19(16-27(23)21-9-2-1-3-10-21)24(29)26-15-18-7-6-11-22(13-18)30-17-20-8-4-5-12-25-20/h1-13,19H,14-17H2,(H,26,29). The Bertz CT molecular complexity index is 1010. The molecule has 0 bridgehead atoms. The van der Waals surface area contributed by atoms with Gasteiger partial charge in [0.1, 0.15) is 12.4 Å². The fraction of sp³-hybridized carbons (Fsp3) is 0.208. The highest BCUT2D eigenvalue weighted by Gasteiger charge is 2.34. The molecule has 1 aliphatic heterocycles. The van der Waals surface area contributed by atoms with Crippen molar-refractivity contribution in [3.05, 3.63) is 90.3 Å². The van der Waals surface area contributed by atoms with Gasteiger partial charge in [-0.25, -0.2) is 0 Å². The van der Waals surface area contributed by atoms with Crippen LogP contribution in [0.4, 0.5) is 5.69 Å². The summed E-state index contributed by atoms with van der Waals surface area (Å²) >= 11 is 0. The minimum absolute atomic E-state index is 0.0220. The summed E-state index contributed by atoms with van der Waals surface area (Å²) in [5.74, 6) is 0.243. The Morgan fingerprint density at radius 1 is 1.07 bits per heavy atom. The molecule has 1 saturated heterocycles. The van der Waals surface area contributed by atoms with E-state index in [0.717, 1.165) is 22.7 Å². The Hall–Kier alpha value is -3.67. The Labute approximate surface area is 175 Å². The van der Waals surface area contributed by atoms with E-state index < -0.39 is 0 Å². The first-order chi connectivity index (χ1) is 14.7. The van der Waals surface area contributed by atoms with Crippen LogP contribution in [0.3, 0.4) is 0 Å². The fourth-order valence-corrected chi connectivity index (χ4v) is 3.46. The highest BCUT2D eigenvalue weighted by Crippen LogP contribution is 2.25. The van der Waals surface area contributed by atoms with E-state index in [9.17, 15) is 9.59 Å². The van der Waals surface area contributed by atoms with Crippen LogP contribution in [0, 0.1) is 5.92 Å². The molecule has 1 N–H and O–H groups in total. The third kappa shape index (κ3) is 4.84. The molecule has 2 aromatic carbocycles. The van der Waals surface area contributed by atoms with Crippen LogP contribution in [-0.4, -0.2) is 23.3 Å². The highest BCUT2D eigenvalue weighted by molar-refractivity contribution is 6.00. The molecule has 6 heteroatoms. The minimum Gasteiger partial charge on any atom is -0.487 e. The van der Waals surface area contributed by atoms with Crippen molar-refractivity contribution in [2.45, 2.75) is 19.6 Å². The average Bonchev–Trinajstić information content (AvgIpc) is 3.19. The summed E-state index contributed by atoms with van der Waals surface area (Å²) in [5.41, 5.74) is 2.62. The Morgan fingerprint density at radius 2 is 1.90 bits per heavy atom. The van der Waals surface area contributed by atoms with Crippen LogP contribution in [0.15, 0.2) is 79.0 Å². The Balaban J connectivity index is 1.30. The van der Waals surface area contributed by atoms with Crippen LogP contribution in [-0.2, 0) is 22.7 Å². The van der Waals surface area contributed by atoms with Crippen molar-refractivity contribution in [3.8, 4) is 5.75 Å². The predicted molar refractivity (Wildman–Crippen MR) is 114 cm³/mol. The normalized spacial score (nSPS) is 15.8. The third-order valence-corrected chi connectivity index (χ3v) is 5.04. The van der Waals surface area contributed by atoms with Crippen molar-refractivity contribution in [3.63, 3.8) is 0 Å². The number of pyridine rings is 1. The number of rotatable bonds is 7. The second kappa shape index (κ2) is 9.22. The van der Waals surface area contributed by atoms with E-state index in [1.54, 1.807) is 11.1 Å². The number of ether oxygens (including phenoxy) is 1. The van der Waals surface area contributed by atoms with E-state index >= 15 is 0 Å². The lowest BCUT2D eigenvalue weighted by Gasteiger charge is -2.16. The number of nitrogens with one attached hydrogen (secondary N) is 1. The van der Waals surface area contributed by atoms with Crippen LogP contribution in [0.1, 0.15) is 17.7 Å². The van der Waals surface area contributed by atoms with Crippen molar-refractivity contribution < 1.29 is 14.3 Å². The first-order valence-corrected chi connectivity index (χ1v) is 9.94. The number of carbonyl (C=O) groups excluding carboxylic acids is 2. The van der Waals surface area contributed by atoms with Crippen molar-refractivity contribution >= 4 is 17.5 Å². The van der Waals surface area contributed by atoms with Crippen molar-refractivity contribution in [2.24, 2.45) is 5.92 Å². The molecule has 1 atom stereocenters. The van der Waals surface area contributed by atoms with E-state index in [0.29, 0.717) is 19.7 Å². The quantitative estimate of drug-likeness (QED) is 0.659. The van der Waals surface area contributed by atoms with Gasteiger partial charge in [0.25, 0.3) is 0 Å². The lowest BCUT2D eigenvalue weighted by molar-refractivity contribution is -0.126. The SMILES string of the molecule is O=C(NCc1cccc(OCc2ccccn2)c1)C1CC(=O)N(c2ccccc2)C1. The number of amides is 2. The molecule has 1 aliphatic rings. The molecule has 0 aliphatic carbocycles. The van der Waals surface area contributed by atoms with Gasteiger partial charge in [-0.3, -0.25) is 14.6 Å². The van der Waals surface area contributed by atoms with Gasteiger partial charge in [-0.05, 0) is 42.0 Å². The van der Waals surface area contributed by atoms with Crippen LogP contribution in [0.25, 0.3) is 0 Å². The molecule has 0 saturated carbocycles. The first-order valence-electron chi connectivity index (χ1n) is 9.94. The number of aromatic nitrogens is 1. The van der Waals surface area contributed by atoms with Gasteiger partial charge in [-0.2, -0.15) is 0 Å². The molecule has 30 heavy (non-hydrogen) atoms. The maximum absolute atomic E-state index is 12.6. The number of benzene rings is 2. The molecule has 2 heterocycles. The van der Waals surface area contributed by atoms with Crippen LogP contribution in [0.5, 0.6) is 5.75 Å². The van der Waals surface area contributed by atoms with Crippen LogP contribution >= 0.6 is 0 Å². The van der Waals surface area contributed by atoms with Crippen molar-refractivity contribution in [1.82, 2.24) is 10.3 Å². The van der Waals surface area contributed by atoms with Gasteiger partial charge in [0.15, 0.2) is 0 Å². The molecular weight excluding hydrogens is 378 g/mol. The summed E-state index contributed by atoms with van der Waals surface area (Å²) in [4.78, 5) is 30.8. The Morgan fingerprint density at radius 3 is 2.70 bits per heavy atom. The molecule has 1 aromatic heterocycles. The number of hydrogen-bond donors (Lipinski definition) is 1. The van der Waals surface area contributed by atoms with Gasteiger partial charge < -0.3 is 15.0 Å². The molecule has 1 fully saturated rings. The van der Waals surface area contributed by atoms with Crippen molar-refractivity contribution in [1.29, 1.82) is 0 Å². The topological polar surface area (TPSA) is 71.5 Å².